The minimum atomic E-state index is -1.10. The van der Waals surface area contributed by atoms with Crippen molar-refractivity contribution in [3.05, 3.63) is 35.6 Å². The number of nitrogens with zero attached hydrogens (tertiary/aromatic N) is 1. The second-order valence-electron chi connectivity index (χ2n) is 3.93. The molecular formula is C11H11FN2O2. The molecular weight excluding hydrogens is 211 g/mol. The van der Waals surface area contributed by atoms with Crippen LogP contribution < -0.4 is 5.32 Å². The van der Waals surface area contributed by atoms with Crippen molar-refractivity contribution in [1.82, 2.24) is 10.2 Å². The van der Waals surface area contributed by atoms with Gasteiger partial charge in [-0.1, -0.05) is 12.1 Å². The number of halogens is 1. The third-order valence-corrected chi connectivity index (χ3v) is 2.82. The van der Waals surface area contributed by atoms with Gasteiger partial charge < -0.3 is 5.32 Å². The molecule has 0 bridgehead atoms. The minimum Gasteiger partial charge on any atom is -0.319 e. The zero-order valence-corrected chi connectivity index (χ0v) is 8.95. The Balaban J connectivity index is 2.44. The lowest BCUT2D eigenvalue weighted by atomic mass is 9.92. The van der Waals surface area contributed by atoms with Crippen molar-refractivity contribution >= 4 is 11.9 Å². The highest BCUT2D eigenvalue weighted by Crippen LogP contribution is 2.27. The van der Waals surface area contributed by atoms with Gasteiger partial charge in [0.1, 0.15) is 11.4 Å². The molecule has 1 aliphatic rings. The number of carbonyl (C=O) groups is 2. The zero-order valence-electron chi connectivity index (χ0n) is 8.95. The Morgan fingerprint density at radius 1 is 1.25 bits per heavy atom. The lowest BCUT2D eigenvalue weighted by Gasteiger charge is -2.21. The molecule has 0 radical (unpaired) electrons. The molecule has 1 heterocycles. The van der Waals surface area contributed by atoms with E-state index >= 15 is 0 Å². The second-order valence-corrected chi connectivity index (χ2v) is 3.93. The largest absolute Gasteiger partial charge is 0.325 e. The van der Waals surface area contributed by atoms with Crippen LogP contribution in [0.25, 0.3) is 0 Å². The zero-order chi connectivity index (χ0) is 11.9. The number of hydrogen-bond acceptors (Lipinski definition) is 2. The summed E-state index contributed by atoms with van der Waals surface area (Å²) in [6, 6.07) is 5.06. The van der Waals surface area contributed by atoms with Gasteiger partial charge in [0.2, 0.25) is 0 Å². The summed E-state index contributed by atoms with van der Waals surface area (Å²) < 4.78 is 12.8. The summed E-state index contributed by atoms with van der Waals surface area (Å²) >= 11 is 0. The van der Waals surface area contributed by atoms with Crippen molar-refractivity contribution < 1.29 is 14.0 Å². The fourth-order valence-corrected chi connectivity index (χ4v) is 1.76. The topological polar surface area (TPSA) is 49.4 Å². The molecule has 16 heavy (non-hydrogen) atoms. The molecule has 3 amide bonds. The Morgan fingerprint density at radius 2 is 1.81 bits per heavy atom. The Kier molecular flexibility index (Phi) is 2.18. The highest BCUT2D eigenvalue weighted by Gasteiger charge is 2.47. The van der Waals surface area contributed by atoms with Crippen molar-refractivity contribution in [3.8, 4) is 0 Å². The third-order valence-electron chi connectivity index (χ3n) is 2.82. The van der Waals surface area contributed by atoms with E-state index in [1.165, 1.54) is 31.3 Å². The van der Waals surface area contributed by atoms with Crippen LogP contribution in [0, 0.1) is 5.82 Å². The Labute approximate surface area is 92.0 Å². The van der Waals surface area contributed by atoms with Gasteiger partial charge in [-0.3, -0.25) is 9.69 Å². The molecule has 84 valence electrons. The molecule has 5 heteroatoms. The van der Waals surface area contributed by atoms with E-state index in [1.807, 2.05) is 0 Å². The SMILES string of the molecule is CN1C(=O)NC(C)(c2ccc(F)cc2)C1=O. The maximum absolute atomic E-state index is 12.8. The predicted octanol–water partition coefficient (Wildman–Crippen LogP) is 1.22. The summed E-state index contributed by atoms with van der Waals surface area (Å²) in [6.07, 6.45) is 0. The summed E-state index contributed by atoms with van der Waals surface area (Å²) in [5.74, 6) is -0.721. The van der Waals surface area contributed by atoms with Crippen molar-refractivity contribution in [1.29, 1.82) is 0 Å². The molecule has 0 aliphatic carbocycles. The summed E-state index contributed by atoms with van der Waals surface area (Å²) in [4.78, 5) is 24.2. The summed E-state index contributed by atoms with van der Waals surface area (Å²) in [7, 11) is 1.41. The average Bonchev–Trinajstić information content (AvgIpc) is 2.45. The van der Waals surface area contributed by atoms with Gasteiger partial charge >= 0.3 is 6.03 Å². The maximum atomic E-state index is 12.8. The number of benzene rings is 1. The number of amides is 3. The van der Waals surface area contributed by atoms with E-state index in [2.05, 4.69) is 5.32 Å². The normalized spacial score (nSPS) is 24.8. The molecule has 0 aromatic heterocycles. The van der Waals surface area contributed by atoms with E-state index in [1.54, 1.807) is 6.92 Å². The van der Waals surface area contributed by atoms with E-state index in [-0.39, 0.29) is 11.7 Å². The van der Waals surface area contributed by atoms with E-state index < -0.39 is 11.6 Å². The van der Waals surface area contributed by atoms with Crippen molar-refractivity contribution in [2.45, 2.75) is 12.5 Å². The van der Waals surface area contributed by atoms with Crippen LogP contribution in [0.5, 0.6) is 0 Å². The average molecular weight is 222 g/mol. The van der Waals surface area contributed by atoms with Crippen LogP contribution >= 0.6 is 0 Å². The first-order valence-corrected chi connectivity index (χ1v) is 4.81. The van der Waals surface area contributed by atoms with Crippen LogP contribution in [-0.4, -0.2) is 23.9 Å². The minimum absolute atomic E-state index is 0.343. The number of urea groups is 1. The Morgan fingerprint density at radius 3 is 2.25 bits per heavy atom. The van der Waals surface area contributed by atoms with Crippen LogP contribution in [0.4, 0.5) is 9.18 Å². The molecule has 4 nitrogen and oxygen atoms in total. The van der Waals surface area contributed by atoms with Gasteiger partial charge in [0.05, 0.1) is 0 Å². The fourth-order valence-electron chi connectivity index (χ4n) is 1.76. The van der Waals surface area contributed by atoms with Gasteiger partial charge in [0, 0.05) is 7.05 Å². The molecule has 1 aliphatic heterocycles. The van der Waals surface area contributed by atoms with E-state index in [0.29, 0.717) is 5.56 Å². The first-order valence-electron chi connectivity index (χ1n) is 4.81. The van der Waals surface area contributed by atoms with Crippen LogP contribution in [0.2, 0.25) is 0 Å². The lowest BCUT2D eigenvalue weighted by molar-refractivity contribution is -0.130. The van der Waals surface area contributed by atoms with Crippen LogP contribution in [-0.2, 0) is 10.3 Å². The van der Waals surface area contributed by atoms with Crippen molar-refractivity contribution in [2.75, 3.05) is 7.05 Å². The maximum Gasteiger partial charge on any atom is 0.325 e. The molecule has 1 fully saturated rings. The Hall–Kier alpha value is -1.91. The second kappa shape index (κ2) is 3.30. The molecule has 0 spiro atoms. The quantitative estimate of drug-likeness (QED) is 0.726. The highest BCUT2D eigenvalue weighted by atomic mass is 19.1. The van der Waals surface area contributed by atoms with Gasteiger partial charge in [-0.2, -0.15) is 0 Å². The van der Waals surface area contributed by atoms with Crippen molar-refractivity contribution in [2.24, 2.45) is 0 Å². The molecule has 0 saturated carbocycles. The van der Waals surface area contributed by atoms with Gasteiger partial charge in [0.15, 0.2) is 0 Å². The van der Waals surface area contributed by atoms with Crippen LogP contribution in [0.15, 0.2) is 24.3 Å². The van der Waals surface area contributed by atoms with Gasteiger partial charge in [-0.15, -0.1) is 0 Å². The molecule has 1 unspecified atom stereocenters. The number of nitrogens with one attached hydrogen (secondary N) is 1. The van der Waals surface area contributed by atoms with Gasteiger partial charge in [-0.05, 0) is 24.6 Å². The highest BCUT2D eigenvalue weighted by molar-refractivity contribution is 6.06. The standard InChI is InChI=1S/C11H11FN2O2/c1-11(7-3-5-8(12)6-4-7)9(15)14(2)10(16)13-11/h3-6H,1-2H3,(H,13,16). The summed E-state index contributed by atoms with van der Waals surface area (Å²) in [5.41, 5.74) is -0.531. The van der Waals surface area contributed by atoms with E-state index in [9.17, 15) is 14.0 Å². The van der Waals surface area contributed by atoms with E-state index in [4.69, 9.17) is 0 Å². The predicted molar refractivity (Wildman–Crippen MR) is 55.1 cm³/mol. The van der Waals surface area contributed by atoms with Gasteiger partial charge in [-0.25, -0.2) is 9.18 Å². The third kappa shape index (κ3) is 1.36. The summed E-state index contributed by atoms with van der Waals surface area (Å²) in [6.45, 7) is 1.60. The van der Waals surface area contributed by atoms with Crippen LogP contribution in [0.3, 0.4) is 0 Å². The first-order chi connectivity index (χ1) is 7.45. The van der Waals surface area contributed by atoms with Crippen molar-refractivity contribution in [3.63, 3.8) is 0 Å². The number of likely N-dealkylation sites (N-methyl/N-ethyl adjacent to an activating group) is 1. The lowest BCUT2D eigenvalue weighted by Crippen LogP contribution is -2.40. The molecule has 1 aromatic carbocycles. The molecule has 1 saturated heterocycles. The molecule has 1 atom stereocenters. The smallest absolute Gasteiger partial charge is 0.319 e. The first kappa shape index (κ1) is 10.6. The monoisotopic (exact) mass is 222 g/mol. The molecule has 2 rings (SSSR count). The van der Waals surface area contributed by atoms with E-state index in [0.717, 1.165) is 4.90 Å². The summed E-state index contributed by atoms with van der Waals surface area (Å²) in [5, 5.41) is 2.58. The number of rotatable bonds is 1. The van der Waals surface area contributed by atoms with Gasteiger partial charge in [0.25, 0.3) is 5.91 Å². The Bertz CT molecular complexity index is 458. The molecule has 1 N–H and O–H groups in total. The number of carbonyl (C=O) groups excluding carboxylic acids is 2. The number of imide groups is 1. The fraction of sp³-hybridized carbons (Fsp3) is 0.273. The molecule has 1 aromatic rings. The van der Waals surface area contributed by atoms with Crippen LogP contribution in [0.1, 0.15) is 12.5 Å². The number of hydrogen-bond donors (Lipinski definition) is 1.